The molecule has 0 saturated carbocycles. The van der Waals surface area contributed by atoms with Crippen molar-refractivity contribution >= 4 is 23.0 Å². The van der Waals surface area contributed by atoms with Crippen LogP contribution in [0, 0.1) is 10.1 Å². The van der Waals surface area contributed by atoms with E-state index in [1.165, 1.54) is 25.3 Å². The minimum atomic E-state index is -0.470. The fourth-order valence-corrected chi connectivity index (χ4v) is 5.49. The van der Waals surface area contributed by atoms with Crippen LogP contribution in [0.3, 0.4) is 0 Å². The number of non-ortho nitro benzene ring substituents is 1. The Bertz CT molecular complexity index is 1600. The van der Waals surface area contributed by atoms with Gasteiger partial charge in [-0.05, 0) is 83.2 Å². The number of rotatable bonds is 12. The number of nitrogens with zero attached hydrogens (tertiary/aromatic N) is 3. The Hall–Kier alpha value is -4.77. The predicted octanol–water partition coefficient (Wildman–Crippen LogP) is 6.85. The van der Waals surface area contributed by atoms with E-state index < -0.39 is 11.0 Å². The number of nitro groups is 1. The molecule has 1 heterocycles. The summed E-state index contributed by atoms with van der Waals surface area (Å²) in [6.07, 6.45) is 2.53. The molecule has 0 radical (unpaired) electrons. The molecule has 240 valence electrons. The van der Waals surface area contributed by atoms with Crippen LogP contribution in [-0.2, 0) is 6.61 Å². The Morgan fingerprint density at radius 2 is 1.64 bits per heavy atom. The number of nitro benzene ring substituents is 1. The van der Waals surface area contributed by atoms with Crippen LogP contribution in [0.5, 0.6) is 23.0 Å². The highest BCUT2D eigenvalue weighted by Crippen LogP contribution is 2.44. The standard InChI is InChI=1S/C34H42N4O7/c1-22-20-34(2,3)35-28-14-13-25(27(32(22)28)21-44-31-18-23(38(40)41)10-15-29(31)42-7)26-12-11-24(19-30(26)43-8)45-33(39)37(6)17-9-16-36(4)5/h10-15,18-20,35H,9,16-17,21H2,1-8H3. The maximum Gasteiger partial charge on any atom is 0.414 e. The smallest absolute Gasteiger partial charge is 0.414 e. The van der Waals surface area contributed by atoms with Crippen LogP contribution in [0.1, 0.15) is 38.3 Å². The molecule has 0 saturated heterocycles. The number of anilines is 1. The molecule has 3 aromatic rings. The fourth-order valence-electron chi connectivity index (χ4n) is 5.49. The minimum absolute atomic E-state index is 0.0843. The SMILES string of the molecule is COc1ccc([N+](=O)[O-])cc1OCc1c(-c2ccc(OC(=O)N(C)CCCN(C)C)cc2OC)ccc2c1C(C)=CC(C)(C)N2. The van der Waals surface area contributed by atoms with E-state index in [2.05, 4.69) is 37.1 Å². The monoisotopic (exact) mass is 618 g/mol. The van der Waals surface area contributed by atoms with Gasteiger partial charge in [-0.2, -0.15) is 0 Å². The number of nitrogens with one attached hydrogen (secondary N) is 1. The van der Waals surface area contributed by atoms with Gasteiger partial charge in [-0.3, -0.25) is 10.1 Å². The first-order valence-corrected chi connectivity index (χ1v) is 14.7. The molecule has 0 fully saturated rings. The number of carbonyl (C=O) groups excluding carboxylic acids is 1. The lowest BCUT2D eigenvalue weighted by molar-refractivity contribution is -0.385. The van der Waals surface area contributed by atoms with E-state index in [0.29, 0.717) is 23.8 Å². The molecule has 0 atom stereocenters. The molecule has 45 heavy (non-hydrogen) atoms. The number of carbonyl (C=O) groups is 1. The molecule has 11 nitrogen and oxygen atoms in total. The van der Waals surface area contributed by atoms with Crippen molar-refractivity contribution in [1.82, 2.24) is 9.80 Å². The number of hydrogen-bond acceptors (Lipinski definition) is 9. The molecule has 0 spiro atoms. The van der Waals surface area contributed by atoms with Gasteiger partial charge in [0, 0.05) is 48.1 Å². The van der Waals surface area contributed by atoms with Gasteiger partial charge in [0.25, 0.3) is 5.69 Å². The summed E-state index contributed by atoms with van der Waals surface area (Å²) < 4.78 is 23.2. The average molecular weight is 619 g/mol. The van der Waals surface area contributed by atoms with Gasteiger partial charge in [0.2, 0.25) is 0 Å². The number of amides is 1. The third-order valence-corrected chi connectivity index (χ3v) is 7.55. The lowest BCUT2D eigenvalue weighted by Crippen LogP contribution is -2.32. The summed E-state index contributed by atoms with van der Waals surface area (Å²) in [4.78, 5) is 27.4. The van der Waals surface area contributed by atoms with Crippen LogP contribution in [0.15, 0.2) is 54.6 Å². The number of benzene rings is 3. The molecule has 0 unspecified atom stereocenters. The third kappa shape index (κ3) is 7.85. The first kappa shape index (κ1) is 33.1. The normalized spacial score (nSPS) is 13.3. The number of fused-ring (bicyclic) bond motifs is 1. The van der Waals surface area contributed by atoms with Crippen molar-refractivity contribution in [3.05, 3.63) is 75.8 Å². The van der Waals surface area contributed by atoms with E-state index in [1.54, 1.807) is 31.2 Å². The summed E-state index contributed by atoms with van der Waals surface area (Å²) in [6.45, 7) is 7.76. The van der Waals surface area contributed by atoms with Gasteiger partial charge in [-0.15, -0.1) is 0 Å². The Kier molecular flexibility index (Phi) is 10.2. The second kappa shape index (κ2) is 13.9. The predicted molar refractivity (Wildman–Crippen MR) is 176 cm³/mol. The highest BCUT2D eigenvalue weighted by molar-refractivity contribution is 5.88. The van der Waals surface area contributed by atoms with Crippen molar-refractivity contribution < 1.29 is 28.7 Å². The molecule has 0 bridgehead atoms. The van der Waals surface area contributed by atoms with Crippen LogP contribution in [0.2, 0.25) is 0 Å². The molecule has 1 aliphatic heterocycles. The quantitative estimate of drug-likeness (QED) is 0.172. The van der Waals surface area contributed by atoms with E-state index in [4.69, 9.17) is 18.9 Å². The molecular formula is C34H42N4O7. The maximum absolute atomic E-state index is 12.8. The topological polar surface area (TPSA) is 116 Å². The maximum atomic E-state index is 12.8. The van der Waals surface area contributed by atoms with E-state index >= 15 is 0 Å². The fraction of sp³-hybridized carbons (Fsp3) is 0.382. The summed E-state index contributed by atoms with van der Waals surface area (Å²) in [7, 11) is 8.75. The molecule has 1 aliphatic rings. The first-order chi connectivity index (χ1) is 21.3. The minimum Gasteiger partial charge on any atom is -0.496 e. The summed E-state index contributed by atoms with van der Waals surface area (Å²) in [5.41, 5.74) is 5.05. The highest BCUT2D eigenvalue weighted by Gasteiger charge is 2.27. The average Bonchev–Trinajstić information content (AvgIpc) is 2.98. The molecule has 0 aromatic heterocycles. The van der Waals surface area contributed by atoms with E-state index in [1.807, 2.05) is 32.3 Å². The van der Waals surface area contributed by atoms with E-state index in [-0.39, 0.29) is 23.6 Å². The van der Waals surface area contributed by atoms with Crippen molar-refractivity contribution in [3.8, 4) is 34.1 Å². The van der Waals surface area contributed by atoms with Gasteiger partial charge in [0.15, 0.2) is 11.5 Å². The molecular weight excluding hydrogens is 576 g/mol. The number of methoxy groups -OCH3 is 2. The Balaban J connectivity index is 1.72. The van der Waals surface area contributed by atoms with E-state index in [0.717, 1.165) is 46.5 Å². The van der Waals surface area contributed by atoms with Gasteiger partial charge in [-0.1, -0.05) is 12.1 Å². The van der Waals surface area contributed by atoms with Crippen LogP contribution in [0.25, 0.3) is 16.7 Å². The van der Waals surface area contributed by atoms with Gasteiger partial charge >= 0.3 is 6.09 Å². The molecule has 0 aliphatic carbocycles. The molecule has 11 heteroatoms. The Labute approximate surface area is 264 Å². The van der Waals surface area contributed by atoms with Crippen LogP contribution < -0.4 is 24.3 Å². The Morgan fingerprint density at radius 1 is 0.933 bits per heavy atom. The first-order valence-electron chi connectivity index (χ1n) is 14.7. The molecule has 4 rings (SSSR count). The number of hydrogen-bond donors (Lipinski definition) is 1. The summed E-state index contributed by atoms with van der Waals surface area (Å²) >= 11 is 0. The molecule has 3 aromatic carbocycles. The lowest BCUT2D eigenvalue weighted by Gasteiger charge is -2.33. The summed E-state index contributed by atoms with van der Waals surface area (Å²) in [5.74, 6) is 1.51. The Morgan fingerprint density at radius 3 is 2.31 bits per heavy atom. The van der Waals surface area contributed by atoms with Crippen molar-refractivity contribution in [3.63, 3.8) is 0 Å². The van der Waals surface area contributed by atoms with Crippen LogP contribution in [-0.4, -0.2) is 74.8 Å². The lowest BCUT2D eigenvalue weighted by atomic mass is 9.85. The van der Waals surface area contributed by atoms with Crippen LogP contribution >= 0.6 is 0 Å². The van der Waals surface area contributed by atoms with E-state index in [9.17, 15) is 14.9 Å². The van der Waals surface area contributed by atoms with Crippen molar-refractivity contribution in [2.45, 2.75) is 39.3 Å². The van der Waals surface area contributed by atoms with Gasteiger partial charge < -0.3 is 34.1 Å². The zero-order valence-electron chi connectivity index (χ0n) is 27.2. The summed E-state index contributed by atoms with van der Waals surface area (Å²) in [5, 5.41) is 15.1. The van der Waals surface area contributed by atoms with Gasteiger partial charge in [0.05, 0.1) is 30.7 Å². The van der Waals surface area contributed by atoms with Crippen molar-refractivity contribution in [2.75, 3.05) is 53.8 Å². The molecule has 1 N–H and O–H groups in total. The zero-order chi connectivity index (χ0) is 32.9. The van der Waals surface area contributed by atoms with Crippen molar-refractivity contribution in [1.29, 1.82) is 0 Å². The second-order valence-corrected chi connectivity index (χ2v) is 11.9. The largest absolute Gasteiger partial charge is 0.496 e. The zero-order valence-corrected chi connectivity index (χ0v) is 27.2. The number of ether oxygens (including phenoxy) is 4. The second-order valence-electron chi connectivity index (χ2n) is 11.9. The third-order valence-electron chi connectivity index (χ3n) is 7.55. The summed E-state index contributed by atoms with van der Waals surface area (Å²) in [6, 6.07) is 13.6. The number of allylic oxidation sites excluding steroid dienone is 1. The van der Waals surface area contributed by atoms with Gasteiger partial charge in [-0.25, -0.2) is 4.79 Å². The van der Waals surface area contributed by atoms with Gasteiger partial charge in [0.1, 0.15) is 18.1 Å². The highest BCUT2D eigenvalue weighted by atomic mass is 16.6. The van der Waals surface area contributed by atoms with Crippen molar-refractivity contribution in [2.24, 2.45) is 0 Å². The van der Waals surface area contributed by atoms with Crippen LogP contribution in [0.4, 0.5) is 16.2 Å². The molecule has 1 amide bonds.